The molecule has 0 aliphatic heterocycles. The summed E-state index contributed by atoms with van der Waals surface area (Å²) in [4.78, 5) is 0. The summed E-state index contributed by atoms with van der Waals surface area (Å²) in [5, 5.41) is 32.5. The Bertz CT molecular complexity index is 691. The number of benzene rings is 2. The molecule has 0 N–H and O–H groups in total. The minimum atomic E-state index is -0.0915. The summed E-state index contributed by atoms with van der Waals surface area (Å²) < 4.78 is 0. The van der Waals surface area contributed by atoms with Crippen molar-refractivity contribution in [1.29, 1.82) is 10.5 Å². The molecule has 0 saturated heterocycles. The molecule has 0 saturated carbocycles. The summed E-state index contributed by atoms with van der Waals surface area (Å²) in [5.41, 5.74) is 1.74. The highest BCUT2D eigenvalue weighted by atomic mass is 15.1. The average Bonchev–Trinajstić information content (AvgIpc) is 2.71. The van der Waals surface area contributed by atoms with Crippen molar-refractivity contribution in [2.75, 3.05) is 13.1 Å². The SMILES string of the molecule is CC(C#N)CN=NCC(C)C#N.c1ccc(N=Nc2ccccc2)cc1. The molecule has 2 atom stereocenters. The molecule has 0 fully saturated rings. The highest BCUT2D eigenvalue weighted by Crippen LogP contribution is 2.16. The van der Waals surface area contributed by atoms with Crippen molar-refractivity contribution in [3.05, 3.63) is 60.7 Å². The Morgan fingerprint density at radius 3 is 1.35 bits per heavy atom. The first kappa shape index (κ1) is 20.7. The second-order valence-corrected chi connectivity index (χ2v) is 5.58. The average molecular weight is 346 g/mol. The van der Waals surface area contributed by atoms with Gasteiger partial charge in [-0.25, -0.2) is 0 Å². The number of hydrogen-bond acceptors (Lipinski definition) is 6. The standard InChI is InChI=1S/C12H10N2.C8H12N4/c1-3-7-11(8-4-1)13-14-12-9-5-2-6-10-12;1-7(3-9)5-11-12-6-8(2)4-10/h1-10H;7-8H,5-6H2,1-2H3. The number of nitrogens with zero attached hydrogens (tertiary/aromatic N) is 6. The first-order chi connectivity index (χ1) is 12.7. The first-order valence-corrected chi connectivity index (χ1v) is 8.30. The molecule has 0 aromatic heterocycles. The molecule has 2 unspecified atom stereocenters. The molecule has 0 amide bonds. The highest BCUT2D eigenvalue weighted by Gasteiger charge is 1.97. The molecule has 6 nitrogen and oxygen atoms in total. The van der Waals surface area contributed by atoms with Gasteiger partial charge in [0.15, 0.2) is 0 Å². The summed E-state index contributed by atoms with van der Waals surface area (Å²) in [6.45, 7) is 4.42. The van der Waals surface area contributed by atoms with Gasteiger partial charge in [0.2, 0.25) is 0 Å². The van der Waals surface area contributed by atoms with Crippen LogP contribution in [0.25, 0.3) is 0 Å². The lowest BCUT2D eigenvalue weighted by Gasteiger charge is -1.95. The first-order valence-electron chi connectivity index (χ1n) is 8.30. The Morgan fingerprint density at radius 2 is 1.04 bits per heavy atom. The van der Waals surface area contributed by atoms with Crippen LogP contribution < -0.4 is 0 Å². The van der Waals surface area contributed by atoms with Crippen molar-refractivity contribution >= 4 is 11.4 Å². The van der Waals surface area contributed by atoms with E-state index in [4.69, 9.17) is 10.5 Å². The maximum Gasteiger partial charge on any atom is 0.0857 e. The zero-order valence-electron chi connectivity index (χ0n) is 15.0. The monoisotopic (exact) mass is 346 g/mol. The number of rotatable bonds is 6. The van der Waals surface area contributed by atoms with E-state index in [1.807, 2.05) is 72.8 Å². The van der Waals surface area contributed by atoms with Crippen LogP contribution in [0.1, 0.15) is 13.8 Å². The van der Waals surface area contributed by atoms with E-state index < -0.39 is 0 Å². The summed E-state index contributed by atoms with van der Waals surface area (Å²) in [6.07, 6.45) is 0. The minimum Gasteiger partial charge on any atom is -0.198 e. The van der Waals surface area contributed by atoms with E-state index in [0.29, 0.717) is 13.1 Å². The lowest BCUT2D eigenvalue weighted by Crippen LogP contribution is -1.96. The summed E-state index contributed by atoms with van der Waals surface area (Å²) >= 11 is 0. The third kappa shape index (κ3) is 9.69. The van der Waals surface area contributed by atoms with Crippen LogP contribution >= 0.6 is 0 Å². The van der Waals surface area contributed by atoms with E-state index in [0.717, 1.165) is 11.4 Å². The minimum absolute atomic E-state index is 0.0915. The van der Waals surface area contributed by atoms with Gasteiger partial charge in [-0.15, -0.1) is 0 Å². The molecule has 0 aliphatic carbocycles. The van der Waals surface area contributed by atoms with Gasteiger partial charge in [0.1, 0.15) is 0 Å². The van der Waals surface area contributed by atoms with Crippen molar-refractivity contribution < 1.29 is 0 Å². The van der Waals surface area contributed by atoms with Crippen LogP contribution in [0.3, 0.4) is 0 Å². The maximum atomic E-state index is 8.39. The fourth-order valence-electron chi connectivity index (χ4n) is 1.55. The van der Waals surface area contributed by atoms with Crippen LogP contribution in [0.15, 0.2) is 81.1 Å². The van der Waals surface area contributed by atoms with Crippen LogP contribution in [0, 0.1) is 34.5 Å². The fourth-order valence-corrected chi connectivity index (χ4v) is 1.55. The zero-order chi connectivity index (χ0) is 19.0. The summed E-state index contributed by atoms with van der Waals surface area (Å²) in [5.74, 6) is -0.183. The lowest BCUT2D eigenvalue weighted by atomic mass is 10.2. The number of nitriles is 2. The normalized spacial score (nSPS) is 12.6. The van der Waals surface area contributed by atoms with Crippen molar-refractivity contribution in [2.45, 2.75) is 13.8 Å². The van der Waals surface area contributed by atoms with Crippen LogP contribution in [0.4, 0.5) is 11.4 Å². The van der Waals surface area contributed by atoms with Crippen LogP contribution in [-0.2, 0) is 0 Å². The summed E-state index contributed by atoms with van der Waals surface area (Å²) in [7, 11) is 0. The lowest BCUT2D eigenvalue weighted by molar-refractivity contribution is 0.667. The molecule has 2 aromatic rings. The van der Waals surface area contributed by atoms with E-state index in [-0.39, 0.29) is 11.8 Å². The molecule has 0 heterocycles. The van der Waals surface area contributed by atoms with Crippen LogP contribution in [0.5, 0.6) is 0 Å². The molecule has 0 spiro atoms. The fraction of sp³-hybridized carbons (Fsp3) is 0.300. The predicted molar refractivity (Wildman–Crippen MR) is 101 cm³/mol. The number of azo groups is 2. The van der Waals surface area contributed by atoms with Gasteiger partial charge in [0, 0.05) is 0 Å². The molecular formula is C20H22N6. The largest absolute Gasteiger partial charge is 0.198 e. The molecule has 132 valence electrons. The van der Waals surface area contributed by atoms with E-state index >= 15 is 0 Å². The third-order valence-corrected chi connectivity index (χ3v) is 3.05. The van der Waals surface area contributed by atoms with Gasteiger partial charge in [0.25, 0.3) is 0 Å². The zero-order valence-corrected chi connectivity index (χ0v) is 15.0. The molecule has 2 rings (SSSR count). The van der Waals surface area contributed by atoms with Gasteiger partial charge < -0.3 is 0 Å². The smallest absolute Gasteiger partial charge is 0.0857 e. The van der Waals surface area contributed by atoms with Gasteiger partial charge in [-0.05, 0) is 38.1 Å². The number of hydrogen-bond donors (Lipinski definition) is 0. The molecular weight excluding hydrogens is 324 g/mol. The van der Waals surface area contributed by atoms with Crippen molar-refractivity contribution in [1.82, 2.24) is 0 Å². The Morgan fingerprint density at radius 1 is 0.692 bits per heavy atom. The van der Waals surface area contributed by atoms with Crippen molar-refractivity contribution in [3.8, 4) is 12.1 Å². The van der Waals surface area contributed by atoms with E-state index in [1.165, 1.54) is 0 Å². The molecule has 2 aromatic carbocycles. The molecule has 26 heavy (non-hydrogen) atoms. The molecule has 0 radical (unpaired) electrons. The third-order valence-electron chi connectivity index (χ3n) is 3.05. The molecule has 0 bridgehead atoms. The second kappa shape index (κ2) is 13.0. The van der Waals surface area contributed by atoms with Gasteiger partial charge in [-0.3, -0.25) is 0 Å². The highest BCUT2D eigenvalue weighted by molar-refractivity contribution is 5.39. The van der Waals surface area contributed by atoms with Gasteiger partial charge in [-0.1, -0.05) is 36.4 Å². The molecule has 0 aliphatic rings. The van der Waals surface area contributed by atoms with Gasteiger partial charge in [0.05, 0.1) is 48.4 Å². The van der Waals surface area contributed by atoms with Crippen LogP contribution in [0.2, 0.25) is 0 Å². The van der Waals surface area contributed by atoms with E-state index in [9.17, 15) is 0 Å². The maximum absolute atomic E-state index is 8.39. The van der Waals surface area contributed by atoms with Crippen molar-refractivity contribution in [3.63, 3.8) is 0 Å². The van der Waals surface area contributed by atoms with Crippen molar-refractivity contribution in [2.24, 2.45) is 32.3 Å². The predicted octanol–water partition coefficient (Wildman–Crippen LogP) is 5.86. The quantitative estimate of drug-likeness (QED) is 0.612. The Labute approximate surface area is 154 Å². The second-order valence-electron chi connectivity index (χ2n) is 5.58. The Kier molecular flexibility index (Phi) is 10.3. The van der Waals surface area contributed by atoms with Crippen LogP contribution in [-0.4, -0.2) is 13.1 Å². The van der Waals surface area contributed by atoms with Gasteiger partial charge >= 0.3 is 0 Å². The Hall–Kier alpha value is -3.38. The topological polar surface area (TPSA) is 97.0 Å². The van der Waals surface area contributed by atoms with E-state index in [2.05, 4.69) is 20.5 Å². The summed E-state index contributed by atoms with van der Waals surface area (Å²) in [6, 6.07) is 23.5. The molecule has 6 heteroatoms. The van der Waals surface area contributed by atoms with E-state index in [1.54, 1.807) is 13.8 Å². The van der Waals surface area contributed by atoms with Gasteiger partial charge in [-0.2, -0.15) is 31.0 Å². The Balaban J connectivity index is 0.000000265.